The van der Waals surface area contributed by atoms with Gasteiger partial charge in [0.2, 0.25) is 0 Å². The number of hydrogen-bond donors (Lipinski definition) is 0. The van der Waals surface area contributed by atoms with Crippen molar-refractivity contribution in [2.75, 3.05) is 0 Å². The van der Waals surface area contributed by atoms with E-state index in [-0.39, 0.29) is 0 Å². The first-order valence-corrected chi connectivity index (χ1v) is 7.70. The van der Waals surface area contributed by atoms with E-state index in [2.05, 4.69) is 55.5 Å². The quantitative estimate of drug-likeness (QED) is 0.466. The summed E-state index contributed by atoms with van der Waals surface area (Å²) in [6.07, 6.45) is 25.1. The molecule has 1 fully saturated rings. The van der Waals surface area contributed by atoms with Gasteiger partial charge in [0.25, 0.3) is 0 Å². The van der Waals surface area contributed by atoms with E-state index in [1.807, 2.05) is 0 Å². The number of hydrogen-bond acceptors (Lipinski definition) is 0. The molecule has 3 atom stereocenters. The van der Waals surface area contributed by atoms with Gasteiger partial charge in [-0.25, -0.2) is 0 Å². The molecule has 0 spiro atoms. The highest BCUT2D eigenvalue weighted by Gasteiger charge is 2.38. The molecule has 0 heterocycles. The Balaban J connectivity index is 1.51. The Bertz CT molecular complexity index is 470. The molecule has 0 radical (unpaired) electrons. The topological polar surface area (TPSA) is 0 Å². The zero-order chi connectivity index (χ0) is 13.1. The highest BCUT2D eigenvalue weighted by atomic mass is 14.4. The van der Waals surface area contributed by atoms with E-state index >= 15 is 0 Å². The van der Waals surface area contributed by atoms with Gasteiger partial charge in [-0.1, -0.05) is 54.2 Å². The van der Waals surface area contributed by atoms with Gasteiger partial charge in [-0.2, -0.15) is 0 Å². The molecule has 3 aliphatic carbocycles. The highest BCUT2D eigenvalue weighted by Crippen LogP contribution is 2.47. The lowest BCUT2D eigenvalue weighted by Gasteiger charge is -2.11. The molecule has 19 heavy (non-hydrogen) atoms. The molecule has 0 aromatic carbocycles. The second kappa shape index (κ2) is 5.77. The van der Waals surface area contributed by atoms with E-state index in [0.717, 1.165) is 18.3 Å². The summed E-state index contributed by atoms with van der Waals surface area (Å²) in [5.41, 5.74) is 2.86. The molecule has 3 aliphatic rings. The average molecular weight is 252 g/mol. The van der Waals surface area contributed by atoms with Crippen molar-refractivity contribution in [3.05, 3.63) is 59.8 Å². The minimum Gasteiger partial charge on any atom is -0.0845 e. The molecule has 0 aliphatic heterocycles. The summed E-state index contributed by atoms with van der Waals surface area (Å²) < 4.78 is 0. The number of fused-ring (bicyclic) bond motifs is 1. The summed E-state index contributed by atoms with van der Waals surface area (Å²) in [5, 5.41) is 0. The highest BCUT2D eigenvalue weighted by molar-refractivity contribution is 5.28. The van der Waals surface area contributed by atoms with Gasteiger partial charge in [-0.15, -0.1) is 0 Å². The fourth-order valence-corrected chi connectivity index (χ4v) is 3.08. The first-order valence-electron chi connectivity index (χ1n) is 7.70. The first-order chi connectivity index (χ1) is 9.31. The lowest BCUT2D eigenvalue weighted by Crippen LogP contribution is -1.99. The number of allylic oxidation sites excluding steroid dienone is 10. The largest absolute Gasteiger partial charge is 0.0845 e. The zero-order valence-electron chi connectivity index (χ0n) is 11.9. The fourth-order valence-electron chi connectivity index (χ4n) is 3.08. The molecular weight excluding hydrogens is 228 g/mol. The van der Waals surface area contributed by atoms with Gasteiger partial charge in [-0.3, -0.25) is 0 Å². The third-order valence-electron chi connectivity index (χ3n) is 4.50. The standard InChI is InChI=1S/C19H24/c1-15(7-9-16-5-3-2-4-6-16)8-10-17-11-12-18-14-19(18)13-17/h3,5-8,10-12,17-19H,2,4,9,13-14H2,1H3/b10-8+,15-7-. The van der Waals surface area contributed by atoms with Crippen LogP contribution in [-0.2, 0) is 0 Å². The van der Waals surface area contributed by atoms with Crippen molar-refractivity contribution in [1.82, 2.24) is 0 Å². The molecule has 0 amide bonds. The summed E-state index contributed by atoms with van der Waals surface area (Å²) in [6, 6.07) is 0. The van der Waals surface area contributed by atoms with Crippen molar-refractivity contribution < 1.29 is 0 Å². The lowest BCUT2D eigenvalue weighted by atomic mass is 9.94. The second-order valence-electron chi connectivity index (χ2n) is 6.21. The van der Waals surface area contributed by atoms with Gasteiger partial charge in [-0.05, 0) is 62.4 Å². The fraction of sp³-hybridized carbons (Fsp3) is 0.474. The summed E-state index contributed by atoms with van der Waals surface area (Å²) in [5.74, 6) is 2.62. The third-order valence-corrected chi connectivity index (χ3v) is 4.50. The van der Waals surface area contributed by atoms with Crippen LogP contribution in [0.1, 0.15) is 39.0 Å². The molecule has 0 bridgehead atoms. The van der Waals surface area contributed by atoms with Crippen molar-refractivity contribution in [3.8, 4) is 0 Å². The van der Waals surface area contributed by atoms with Gasteiger partial charge < -0.3 is 0 Å². The van der Waals surface area contributed by atoms with E-state index in [1.165, 1.54) is 36.8 Å². The second-order valence-corrected chi connectivity index (χ2v) is 6.21. The van der Waals surface area contributed by atoms with Crippen molar-refractivity contribution in [2.45, 2.75) is 39.0 Å². The Hall–Kier alpha value is -1.30. The minimum absolute atomic E-state index is 0.681. The normalized spacial score (nSPS) is 33.4. The van der Waals surface area contributed by atoms with E-state index < -0.39 is 0 Å². The predicted molar refractivity (Wildman–Crippen MR) is 82.8 cm³/mol. The summed E-state index contributed by atoms with van der Waals surface area (Å²) in [4.78, 5) is 0. The van der Waals surface area contributed by atoms with E-state index in [1.54, 1.807) is 0 Å². The molecule has 1 saturated carbocycles. The van der Waals surface area contributed by atoms with Gasteiger partial charge in [0.05, 0.1) is 0 Å². The third kappa shape index (κ3) is 3.59. The van der Waals surface area contributed by atoms with Crippen LogP contribution < -0.4 is 0 Å². The summed E-state index contributed by atoms with van der Waals surface area (Å²) >= 11 is 0. The van der Waals surface area contributed by atoms with Crippen molar-refractivity contribution in [2.24, 2.45) is 17.8 Å². The molecule has 0 aromatic rings. The van der Waals surface area contributed by atoms with Crippen molar-refractivity contribution in [1.29, 1.82) is 0 Å². The summed E-state index contributed by atoms with van der Waals surface area (Å²) in [6.45, 7) is 2.22. The number of rotatable bonds is 4. The van der Waals surface area contributed by atoms with Crippen LogP contribution in [0.25, 0.3) is 0 Å². The molecular formula is C19H24. The van der Waals surface area contributed by atoms with Crippen LogP contribution in [0.5, 0.6) is 0 Å². The molecule has 0 N–H and O–H groups in total. The zero-order valence-corrected chi connectivity index (χ0v) is 11.9. The summed E-state index contributed by atoms with van der Waals surface area (Å²) in [7, 11) is 0. The van der Waals surface area contributed by atoms with Crippen LogP contribution in [0.3, 0.4) is 0 Å². The van der Waals surface area contributed by atoms with E-state index in [4.69, 9.17) is 0 Å². The Labute approximate surface area is 117 Å². The Morgan fingerprint density at radius 1 is 1.26 bits per heavy atom. The molecule has 0 saturated heterocycles. The van der Waals surface area contributed by atoms with Crippen LogP contribution in [0.4, 0.5) is 0 Å². The first kappa shape index (κ1) is 12.7. The molecule has 0 aromatic heterocycles. The van der Waals surface area contributed by atoms with E-state index in [0.29, 0.717) is 5.92 Å². The lowest BCUT2D eigenvalue weighted by molar-refractivity contribution is 0.593. The van der Waals surface area contributed by atoms with Gasteiger partial charge in [0.15, 0.2) is 0 Å². The van der Waals surface area contributed by atoms with Gasteiger partial charge in [0.1, 0.15) is 0 Å². The Kier molecular flexibility index (Phi) is 3.87. The molecule has 0 nitrogen and oxygen atoms in total. The Morgan fingerprint density at radius 3 is 3.00 bits per heavy atom. The molecule has 3 unspecified atom stereocenters. The van der Waals surface area contributed by atoms with Crippen LogP contribution in [-0.4, -0.2) is 0 Å². The Morgan fingerprint density at radius 2 is 2.21 bits per heavy atom. The molecule has 3 rings (SSSR count). The molecule has 0 heteroatoms. The monoisotopic (exact) mass is 252 g/mol. The molecule has 100 valence electrons. The van der Waals surface area contributed by atoms with Crippen LogP contribution in [0.2, 0.25) is 0 Å². The van der Waals surface area contributed by atoms with Gasteiger partial charge in [0, 0.05) is 0 Å². The maximum Gasteiger partial charge on any atom is -0.00473 e. The SMILES string of the molecule is CC(=C/CC1=CCCC=C1)/C=C/C1C=CC2CC2C1. The smallest absolute Gasteiger partial charge is 0.00473 e. The average Bonchev–Trinajstić information content (AvgIpc) is 3.22. The van der Waals surface area contributed by atoms with Gasteiger partial charge >= 0.3 is 0 Å². The maximum absolute atomic E-state index is 2.43. The van der Waals surface area contributed by atoms with Crippen LogP contribution in [0, 0.1) is 17.8 Å². The maximum atomic E-state index is 2.43. The predicted octanol–water partition coefficient (Wildman–Crippen LogP) is 5.37. The van der Waals surface area contributed by atoms with Crippen molar-refractivity contribution in [3.63, 3.8) is 0 Å². The minimum atomic E-state index is 0.681. The van der Waals surface area contributed by atoms with E-state index in [9.17, 15) is 0 Å². The van der Waals surface area contributed by atoms with Crippen LogP contribution >= 0.6 is 0 Å². The van der Waals surface area contributed by atoms with Crippen LogP contribution in [0.15, 0.2) is 59.8 Å². The van der Waals surface area contributed by atoms with Crippen molar-refractivity contribution >= 4 is 0 Å².